The molecule has 0 radical (unpaired) electrons. The van der Waals surface area contributed by atoms with Gasteiger partial charge in [-0.15, -0.1) is 0 Å². The fourth-order valence-electron chi connectivity index (χ4n) is 3.35. The molecule has 1 aromatic carbocycles. The van der Waals surface area contributed by atoms with Crippen molar-refractivity contribution in [3.63, 3.8) is 0 Å². The van der Waals surface area contributed by atoms with Crippen molar-refractivity contribution in [1.82, 2.24) is 20.8 Å². The van der Waals surface area contributed by atoms with Crippen molar-refractivity contribution in [1.29, 1.82) is 0 Å². The normalized spacial score (nSPS) is 21.8. The fraction of sp³-hybridized carbons (Fsp3) is 0.438. The van der Waals surface area contributed by atoms with Gasteiger partial charge in [0.1, 0.15) is 0 Å². The van der Waals surface area contributed by atoms with Gasteiger partial charge in [-0.2, -0.15) is 4.98 Å². The zero-order chi connectivity index (χ0) is 15.7. The number of nitrogens with one attached hydrogen (secondary N) is 3. The summed E-state index contributed by atoms with van der Waals surface area (Å²) in [4.78, 5) is 16.1. The quantitative estimate of drug-likeness (QED) is 0.806. The van der Waals surface area contributed by atoms with E-state index in [4.69, 9.17) is 4.52 Å². The number of hydrogen-bond donors (Lipinski definition) is 3. The SMILES string of the molecule is O=C(Nc1ccc(-c2ncon2)cc1)NC1CC12CCNCC2. The number of amides is 2. The van der Waals surface area contributed by atoms with Crippen molar-refractivity contribution in [2.75, 3.05) is 18.4 Å². The van der Waals surface area contributed by atoms with E-state index in [1.807, 2.05) is 24.3 Å². The summed E-state index contributed by atoms with van der Waals surface area (Å²) in [5, 5.41) is 13.1. The molecule has 1 aliphatic carbocycles. The summed E-state index contributed by atoms with van der Waals surface area (Å²) >= 11 is 0. The number of carbonyl (C=O) groups is 1. The van der Waals surface area contributed by atoms with Crippen LogP contribution in [0.3, 0.4) is 0 Å². The molecule has 1 aromatic heterocycles. The average molecular weight is 313 g/mol. The molecule has 0 bridgehead atoms. The smallest absolute Gasteiger partial charge is 0.319 e. The molecule has 1 atom stereocenters. The molecule has 1 aliphatic heterocycles. The third-order valence-corrected chi connectivity index (χ3v) is 4.86. The Kier molecular flexibility index (Phi) is 3.49. The first-order valence-corrected chi connectivity index (χ1v) is 7.90. The molecule has 2 fully saturated rings. The highest BCUT2D eigenvalue weighted by Crippen LogP contribution is 2.52. The Labute approximate surface area is 133 Å². The molecule has 1 spiro atoms. The van der Waals surface area contributed by atoms with Crippen molar-refractivity contribution in [2.24, 2.45) is 5.41 Å². The van der Waals surface area contributed by atoms with Crippen molar-refractivity contribution in [3.05, 3.63) is 30.7 Å². The molecule has 2 heterocycles. The minimum atomic E-state index is -0.141. The van der Waals surface area contributed by atoms with Gasteiger partial charge in [-0.05, 0) is 62.0 Å². The van der Waals surface area contributed by atoms with E-state index in [-0.39, 0.29) is 6.03 Å². The number of nitrogens with zero attached hydrogens (tertiary/aromatic N) is 2. The minimum Gasteiger partial charge on any atom is -0.342 e. The zero-order valence-electron chi connectivity index (χ0n) is 12.7. The van der Waals surface area contributed by atoms with E-state index < -0.39 is 0 Å². The molecule has 3 N–H and O–H groups in total. The van der Waals surface area contributed by atoms with Gasteiger partial charge < -0.3 is 20.5 Å². The lowest BCUT2D eigenvalue weighted by atomic mass is 9.94. The van der Waals surface area contributed by atoms with E-state index in [1.165, 1.54) is 6.39 Å². The average Bonchev–Trinajstić information content (AvgIpc) is 3.01. The fourth-order valence-corrected chi connectivity index (χ4v) is 3.35. The van der Waals surface area contributed by atoms with Gasteiger partial charge in [0.25, 0.3) is 0 Å². The highest BCUT2D eigenvalue weighted by atomic mass is 16.5. The first-order valence-electron chi connectivity index (χ1n) is 7.90. The highest BCUT2D eigenvalue weighted by Gasteiger charge is 2.54. The van der Waals surface area contributed by atoms with Gasteiger partial charge in [-0.3, -0.25) is 0 Å². The lowest BCUT2D eigenvalue weighted by molar-refractivity contribution is 0.247. The molecular weight excluding hydrogens is 294 g/mol. The van der Waals surface area contributed by atoms with Crippen molar-refractivity contribution < 1.29 is 9.32 Å². The van der Waals surface area contributed by atoms with Gasteiger partial charge in [0.15, 0.2) is 0 Å². The molecule has 7 nitrogen and oxygen atoms in total. The monoisotopic (exact) mass is 313 g/mol. The Morgan fingerprint density at radius 3 is 2.74 bits per heavy atom. The lowest BCUT2D eigenvalue weighted by Gasteiger charge is -2.23. The van der Waals surface area contributed by atoms with E-state index in [9.17, 15) is 4.79 Å². The Balaban J connectivity index is 1.32. The van der Waals surface area contributed by atoms with Crippen molar-refractivity contribution in [3.8, 4) is 11.4 Å². The maximum absolute atomic E-state index is 12.1. The van der Waals surface area contributed by atoms with Gasteiger partial charge in [-0.25, -0.2) is 4.79 Å². The van der Waals surface area contributed by atoms with E-state index in [1.54, 1.807) is 0 Å². The Hall–Kier alpha value is -2.41. The summed E-state index contributed by atoms with van der Waals surface area (Å²) in [5.74, 6) is 0.534. The van der Waals surface area contributed by atoms with E-state index in [0.717, 1.165) is 43.6 Å². The Morgan fingerprint density at radius 2 is 2.04 bits per heavy atom. The molecule has 1 unspecified atom stereocenters. The highest BCUT2D eigenvalue weighted by molar-refractivity contribution is 5.90. The van der Waals surface area contributed by atoms with E-state index in [0.29, 0.717) is 17.3 Å². The summed E-state index contributed by atoms with van der Waals surface area (Å²) in [6.07, 6.45) is 4.69. The summed E-state index contributed by atoms with van der Waals surface area (Å²) in [5.41, 5.74) is 1.93. The van der Waals surface area contributed by atoms with Crippen molar-refractivity contribution >= 4 is 11.7 Å². The predicted octanol–water partition coefficient (Wildman–Crippen LogP) is 2.00. The third kappa shape index (κ3) is 2.92. The lowest BCUT2D eigenvalue weighted by Crippen LogP contribution is -2.37. The molecule has 7 heteroatoms. The number of hydrogen-bond acceptors (Lipinski definition) is 5. The van der Waals surface area contributed by atoms with Crippen LogP contribution < -0.4 is 16.0 Å². The standard InChI is InChI=1S/C16H19N5O2/c22-15(20-13-9-16(13)5-7-17-8-6-16)19-12-3-1-11(2-4-12)14-18-10-23-21-14/h1-4,10,13,17H,5-9H2,(H2,19,20,22). The van der Waals surface area contributed by atoms with E-state index >= 15 is 0 Å². The number of piperidine rings is 1. The molecule has 120 valence electrons. The molecule has 1 saturated carbocycles. The third-order valence-electron chi connectivity index (χ3n) is 4.86. The first kappa shape index (κ1) is 14.2. The first-order chi connectivity index (χ1) is 11.3. The number of benzene rings is 1. The molecule has 2 aromatic rings. The number of anilines is 1. The number of rotatable bonds is 3. The van der Waals surface area contributed by atoms with Crippen LogP contribution in [0.15, 0.2) is 35.2 Å². The number of carbonyl (C=O) groups excluding carboxylic acids is 1. The Morgan fingerprint density at radius 1 is 1.26 bits per heavy atom. The van der Waals surface area contributed by atoms with Crippen molar-refractivity contribution in [2.45, 2.75) is 25.3 Å². The second-order valence-corrected chi connectivity index (χ2v) is 6.30. The van der Waals surface area contributed by atoms with Crippen LogP contribution in [-0.2, 0) is 0 Å². The molecule has 2 aliphatic rings. The number of aromatic nitrogens is 2. The largest absolute Gasteiger partial charge is 0.342 e. The van der Waals surface area contributed by atoms with Gasteiger partial charge in [0.05, 0.1) is 0 Å². The van der Waals surface area contributed by atoms with Crippen LogP contribution in [0.1, 0.15) is 19.3 Å². The van der Waals surface area contributed by atoms with Crippen LogP contribution in [0.5, 0.6) is 0 Å². The van der Waals surface area contributed by atoms with Gasteiger partial charge in [-0.1, -0.05) is 5.16 Å². The zero-order valence-corrected chi connectivity index (χ0v) is 12.7. The molecule has 4 rings (SSSR count). The summed E-state index contributed by atoms with van der Waals surface area (Å²) in [7, 11) is 0. The van der Waals surface area contributed by atoms with Crippen LogP contribution in [0.4, 0.5) is 10.5 Å². The maximum Gasteiger partial charge on any atom is 0.319 e. The van der Waals surface area contributed by atoms with Crippen LogP contribution >= 0.6 is 0 Å². The van der Waals surface area contributed by atoms with Gasteiger partial charge in [0.2, 0.25) is 12.2 Å². The molecule has 1 saturated heterocycles. The molecule has 2 amide bonds. The van der Waals surface area contributed by atoms with Crippen LogP contribution in [0.2, 0.25) is 0 Å². The maximum atomic E-state index is 12.1. The van der Waals surface area contributed by atoms with Crippen LogP contribution in [0, 0.1) is 5.41 Å². The van der Waals surface area contributed by atoms with Crippen LogP contribution in [0.25, 0.3) is 11.4 Å². The summed E-state index contributed by atoms with van der Waals surface area (Å²) in [6, 6.07) is 7.54. The number of urea groups is 1. The van der Waals surface area contributed by atoms with Gasteiger partial charge in [0, 0.05) is 17.3 Å². The topological polar surface area (TPSA) is 92.1 Å². The summed E-state index contributed by atoms with van der Waals surface area (Å²) in [6.45, 7) is 2.11. The van der Waals surface area contributed by atoms with E-state index in [2.05, 4.69) is 26.1 Å². The second-order valence-electron chi connectivity index (χ2n) is 6.30. The predicted molar refractivity (Wildman–Crippen MR) is 84.8 cm³/mol. The summed E-state index contributed by atoms with van der Waals surface area (Å²) < 4.78 is 4.72. The van der Waals surface area contributed by atoms with Gasteiger partial charge >= 0.3 is 6.03 Å². The van der Waals surface area contributed by atoms with Crippen LogP contribution in [-0.4, -0.2) is 35.3 Å². The molecular formula is C16H19N5O2. The second kappa shape index (κ2) is 5.66. The minimum absolute atomic E-state index is 0.141. The molecule has 23 heavy (non-hydrogen) atoms. The Bertz CT molecular complexity index is 677.